The third-order valence-electron chi connectivity index (χ3n) is 3.85. The number of nitrogens with zero attached hydrogens (tertiary/aromatic N) is 2. The number of ether oxygens (including phenoxy) is 1. The molecule has 136 valence electrons. The molecule has 0 radical (unpaired) electrons. The molecule has 0 fully saturated rings. The van der Waals surface area contributed by atoms with Gasteiger partial charge in [0, 0.05) is 11.3 Å². The predicted octanol–water partition coefficient (Wildman–Crippen LogP) is 3.47. The molecule has 0 saturated heterocycles. The minimum absolute atomic E-state index is 0.245. The van der Waals surface area contributed by atoms with E-state index in [4.69, 9.17) is 9.26 Å². The van der Waals surface area contributed by atoms with Crippen LogP contribution in [0.4, 0.5) is 5.69 Å². The van der Waals surface area contributed by atoms with Crippen LogP contribution in [0, 0.1) is 20.8 Å². The van der Waals surface area contributed by atoms with Gasteiger partial charge >= 0.3 is 0 Å². The lowest BCUT2D eigenvalue weighted by Crippen LogP contribution is -2.15. The van der Waals surface area contributed by atoms with Crippen molar-refractivity contribution in [2.45, 2.75) is 25.7 Å². The Morgan fingerprint density at radius 3 is 2.15 bits per heavy atom. The molecule has 3 rings (SSSR count). The summed E-state index contributed by atoms with van der Waals surface area (Å²) in [6.07, 6.45) is 0. The standard InChI is InChI=1S/C18H19N3O4S/c1-11-9-16(24-4)10-12(2)17(11)26(22,23)21-15-7-5-14(6-8-15)18-19-13(3)20-25-18/h5-10,21H,1-4H3. The molecule has 0 unspecified atom stereocenters. The van der Waals surface area contributed by atoms with Crippen molar-refractivity contribution >= 4 is 15.7 Å². The van der Waals surface area contributed by atoms with Gasteiger partial charge in [0.2, 0.25) is 0 Å². The maximum atomic E-state index is 12.8. The van der Waals surface area contributed by atoms with Gasteiger partial charge in [0.05, 0.1) is 12.0 Å². The summed E-state index contributed by atoms with van der Waals surface area (Å²) in [5.74, 6) is 1.55. The number of rotatable bonds is 5. The van der Waals surface area contributed by atoms with E-state index in [1.165, 1.54) is 0 Å². The van der Waals surface area contributed by atoms with E-state index in [9.17, 15) is 8.42 Å². The minimum atomic E-state index is -3.73. The molecule has 0 amide bonds. The van der Waals surface area contributed by atoms with Gasteiger partial charge in [0.1, 0.15) is 5.75 Å². The summed E-state index contributed by atoms with van der Waals surface area (Å²) in [6, 6.07) is 10.1. The lowest BCUT2D eigenvalue weighted by atomic mass is 10.1. The topological polar surface area (TPSA) is 94.3 Å². The second-order valence-corrected chi connectivity index (χ2v) is 7.54. The third-order valence-corrected chi connectivity index (χ3v) is 5.54. The fourth-order valence-electron chi connectivity index (χ4n) is 2.75. The summed E-state index contributed by atoms with van der Waals surface area (Å²) in [6.45, 7) is 5.21. The molecule has 0 saturated carbocycles. The van der Waals surface area contributed by atoms with Crippen LogP contribution in [0.2, 0.25) is 0 Å². The Bertz CT molecular complexity index is 1020. The first-order chi connectivity index (χ1) is 12.3. The molecule has 7 nitrogen and oxygen atoms in total. The molecule has 0 aliphatic carbocycles. The molecular formula is C18H19N3O4S. The van der Waals surface area contributed by atoms with Crippen molar-refractivity contribution in [3.05, 3.63) is 53.3 Å². The molecule has 8 heteroatoms. The molecule has 2 aromatic carbocycles. The molecule has 26 heavy (non-hydrogen) atoms. The average molecular weight is 373 g/mol. The normalized spacial score (nSPS) is 11.4. The second kappa shape index (κ2) is 6.80. The van der Waals surface area contributed by atoms with Crippen LogP contribution in [0.5, 0.6) is 5.75 Å². The lowest BCUT2D eigenvalue weighted by molar-refractivity contribution is 0.413. The Morgan fingerprint density at radius 1 is 1.04 bits per heavy atom. The zero-order valence-electron chi connectivity index (χ0n) is 14.9. The minimum Gasteiger partial charge on any atom is -0.497 e. The largest absolute Gasteiger partial charge is 0.497 e. The molecule has 0 atom stereocenters. The van der Waals surface area contributed by atoms with Crippen molar-refractivity contribution in [3.8, 4) is 17.2 Å². The Hall–Kier alpha value is -2.87. The quantitative estimate of drug-likeness (QED) is 0.736. The predicted molar refractivity (Wildman–Crippen MR) is 97.7 cm³/mol. The first-order valence-electron chi connectivity index (χ1n) is 7.89. The van der Waals surface area contributed by atoms with Crippen LogP contribution < -0.4 is 9.46 Å². The Morgan fingerprint density at radius 2 is 1.65 bits per heavy atom. The lowest BCUT2D eigenvalue weighted by Gasteiger charge is -2.14. The van der Waals surface area contributed by atoms with Crippen molar-refractivity contribution in [1.29, 1.82) is 0 Å². The summed E-state index contributed by atoms with van der Waals surface area (Å²) < 4.78 is 38.5. The highest BCUT2D eigenvalue weighted by molar-refractivity contribution is 7.92. The summed E-state index contributed by atoms with van der Waals surface area (Å²) in [5, 5.41) is 3.74. The number of aryl methyl sites for hydroxylation is 3. The number of hydrogen-bond donors (Lipinski definition) is 1. The van der Waals surface area contributed by atoms with Gasteiger partial charge in [0.25, 0.3) is 15.9 Å². The summed E-state index contributed by atoms with van der Waals surface area (Å²) >= 11 is 0. The molecule has 0 bridgehead atoms. The van der Waals surface area contributed by atoms with Gasteiger partial charge in [-0.25, -0.2) is 8.42 Å². The smallest absolute Gasteiger partial charge is 0.262 e. The molecule has 0 aliphatic rings. The van der Waals surface area contributed by atoms with Crippen LogP contribution in [-0.2, 0) is 10.0 Å². The second-order valence-electron chi connectivity index (χ2n) is 5.92. The zero-order valence-corrected chi connectivity index (χ0v) is 15.7. The molecule has 1 heterocycles. The number of aromatic nitrogens is 2. The first-order valence-corrected chi connectivity index (χ1v) is 9.37. The van der Waals surface area contributed by atoms with Crippen LogP contribution in [0.15, 0.2) is 45.8 Å². The Kier molecular flexibility index (Phi) is 4.69. The molecule has 3 aromatic rings. The maximum absolute atomic E-state index is 12.8. The highest BCUT2D eigenvalue weighted by Gasteiger charge is 2.21. The summed E-state index contributed by atoms with van der Waals surface area (Å²) in [7, 11) is -2.18. The van der Waals surface area contributed by atoms with Crippen molar-refractivity contribution in [3.63, 3.8) is 0 Å². The monoisotopic (exact) mass is 373 g/mol. The van der Waals surface area contributed by atoms with Gasteiger partial charge < -0.3 is 9.26 Å². The fourth-order valence-corrected chi connectivity index (χ4v) is 4.27. The number of hydrogen-bond acceptors (Lipinski definition) is 6. The van der Waals surface area contributed by atoms with Crippen molar-refractivity contribution in [2.24, 2.45) is 0 Å². The summed E-state index contributed by atoms with van der Waals surface area (Å²) in [4.78, 5) is 4.39. The average Bonchev–Trinajstić information content (AvgIpc) is 3.00. The fraction of sp³-hybridized carbons (Fsp3) is 0.222. The van der Waals surface area contributed by atoms with E-state index in [1.54, 1.807) is 64.3 Å². The zero-order chi connectivity index (χ0) is 18.9. The van der Waals surface area contributed by atoms with Gasteiger partial charge in [-0.3, -0.25) is 4.72 Å². The highest BCUT2D eigenvalue weighted by atomic mass is 32.2. The van der Waals surface area contributed by atoms with E-state index >= 15 is 0 Å². The van der Waals surface area contributed by atoms with Crippen LogP contribution in [0.1, 0.15) is 17.0 Å². The van der Waals surface area contributed by atoms with E-state index in [2.05, 4.69) is 14.9 Å². The SMILES string of the molecule is COc1cc(C)c(S(=O)(=O)Nc2ccc(-c3nc(C)no3)cc2)c(C)c1. The van der Waals surface area contributed by atoms with Gasteiger partial charge in [0.15, 0.2) is 5.82 Å². The van der Waals surface area contributed by atoms with Crippen molar-refractivity contribution in [1.82, 2.24) is 10.1 Å². The van der Waals surface area contributed by atoms with E-state index in [0.717, 1.165) is 0 Å². The van der Waals surface area contributed by atoms with Crippen LogP contribution >= 0.6 is 0 Å². The highest BCUT2D eigenvalue weighted by Crippen LogP contribution is 2.28. The van der Waals surface area contributed by atoms with Crippen LogP contribution in [-0.4, -0.2) is 25.7 Å². The van der Waals surface area contributed by atoms with Gasteiger partial charge in [-0.2, -0.15) is 4.98 Å². The molecule has 1 N–H and O–H groups in total. The van der Waals surface area contributed by atoms with E-state index in [0.29, 0.717) is 39.8 Å². The maximum Gasteiger partial charge on any atom is 0.262 e. The molecule has 0 aliphatic heterocycles. The van der Waals surface area contributed by atoms with Gasteiger partial charge in [-0.1, -0.05) is 5.16 Å². The summed E-state index contributed by atoms with van der Waals surface area (Å²) in [5.41, 5.74) is 2.39. The number of sulfonamides is 1. The van der Waals surface area contributed by atoms with E-state index in [1.807, 2.05) is 0 Å². The third kappa shape index (κ3) is 3.55. The van der Waals surface area contributed by atoms with Crippen LogP contribution in [0.3, 0.4) is 0 Å². The number of methoxy groups -OCH3 is 1. The van der Waals surface area contributed by atoms with Gasteiger partial charge in [-0.15, -0.1) is 0 Å². The van der Waals surface area contributed by atoms with Crippen molar-refractivity contribution in [2.75, 3.05) is 11.8 Å². The van der Waals surface area contributed by atoms with Crippen molar-refractivity contribution < 1.29 is 17.7 Å². The number of benzene rings is 2. The first kappa shape index (κ1) is 17.9. The molecule has 1 aromatic heterocycles. The Labute approximate surface area is 152 Å². The van der Waals surface area contributed by atoms with Gasteiger partial charge in [-0.05, 0) is 68.3 Å². The molecule has 0 spiro atoms. The Balaban J connectivity index is 1.88. The van der Waals surface area contributed by atoms with Crippen LogP contribution in [0.25, 0.3) is 11.5 Å². The number of anilines is 1. The van der Waals surface area contributed by atoms with E-state index < -0.39 is 10.0 Å². The number of nitrogens with one attached hydrogen (secondary N) is 1. The van der Waals surface area contributed by atoms with E-state index in [-0.39, 0.29) is 4.90 Å². The molecular weight excluding hydrogens is 354 g/mol.